The van der Waals surface area contributed by atoms with Gasteiger partial charge in [-0.2, -0.15) is 5.26 Å². The molecule has 1 aromatic heterocycles. The van der Waals surface area contributed by atoms with Crippen LogP contribution in [0.5, 0.6) is 5.75 Å². The van der Waals surface area contributed by atoms with Crippen molar-refractivity contribution < 1.29 is 19.1 Å². The van der Waals surface area contributed by atoms with Crippen LogP contribution in [0.1, 0.15) is 18.2 Å². The van der Waals surface area contributed by atoms with Crippen molar-refractivity contribution in [2.24, 2.45) is 0 Å². The lowest BCUT2D eigenvalue weighted by Crippen LogP contribution is -2.39. The average Bonchev–Trinajstić information content (AvgIpc) is 3.08. The quantitative estimate of drug-likeness (QED) is 0.811. The fourth-order valence-corrected chi connectivity index (χ4v) is 2.01. The van der Waals surface area contributed by atoms with Gasteiger partial charge in [0.05, 0.1) is 19.2 Å². The molecule has 1 unspecified atom stereocenters. The predicted molar refractivity (Wildman–Crippen MR) is 82.5 cm³/mol. The molecular formula is C17H18N2O4. The number of carbonyl (C=O) groups excluding carboxylic acids is 1. The molecule has 0 saturated carbocycles. The number of nitriles is 1. The molecule has 0 spiro atoms. The van der Waals surface area contributed by atoms with Crippen molar-refractivity contribution in [2.45, 2.75) is 18.9 Å². The van der Waals surface area contributed by atoms with Crippen molar-refractivity contribution in [3.63, 3.8) is 0 Å². The Balaban J connectivity index is 1.84. The number of carbonyl (C=O) groups is 1. The van der Waals surface area contributed by atoms with Gasteiger partial charge >= 0.3 is 0 Å². The summed E-state index contributed by atoms with van der Waals surface area (Å²) in [7, 11) is 0. The molecule has 1 heterocycles. The summed E-state index contributed by atoms with van der Waals surface area (Å²) in [6.07, 6.45) is 1.66. The van der Waals surface area contributed by atoms with E-state index >= 15 is 0 Å². The monoisotopic (exact) mass is 314 g/mol. The first kappa shape index (κ1) is 16.6. The van der Waals surface area contributed by atoms with Gasteiger partial charge in [0, 0.05) is 0 Å². The second-order valence-electron chi connectivity index (χ2n) is 5.30. The molecule has 2 aromatic rings. The summed E-state index contributed by atoms with van der Waals surface area (Å²) in [5.74, 6) is 0.774. The zero-order valence-corrected chi connectivity index (χ0v) is 12.8. The lowest BCUT2D eigenvalue weighted by molar-refractivity contribution is -0.121. The zero-order chi connectivity index (χ0) is 16.7. The maximum absolute atomic E-state index is 12.0. The molecule has 6 heteroatoms. The lowest BCUT2D eigenvalue weighted by Gasteiger charge is -2.21. The fraction of sp³-hybridized carbons (Fsp3) is 0.294. The summed E-state index contributed by atoms with van der Waals surface area (Å²) in [5, 5.41) is 21.4. The van der Waals surface area contributed by atoms with Crippen LogP contribution in [0.3, 0.4) is 0 Å². The first-order valence-corrected chi connectivity index (χ1v) is 7.13. The molecule has 0 radical (unpaired) electrons. The third-order valence-electron chi connectivity index (χ3n) is 3.27. The van der Waals surface area contributed by atoms with Crippen LogP contribution in [0.2, 0.25) is 0 Å². The highest BCUT2D eigenvalue weighted by molar-refractivity contribution is 5.78. The number of rotatable bonds is 7. The van der Waals surface area contributed by atoms with Gasteiger partial charge in [-0.1, -0.05) is 12.1 Å². The lowest BCUT2D eigenvalue weighted by atomic mass is 10.0. The van der Waals surface area contributed by atoms with E-state index in [0.717, 1.165) is 5.56 Å². The summed E-state index contributed by atoms with van der Waals surface area (Å²) in [6.45, 7) is 1.62. The highest BCUT2D eigenvalue weighted by Crippen LogP contribution is 2.19. The van der Waals surface area contributed by atoms with E-state index in [9.17, 15) is 9.90 Å². The number of benzene rings is 1. The van der Waals surface area contributed by atoms with E-state index in [0.29, 0.717) is 11.5 Å². The van der Waals surface area contributed by atoms with Crippen molar-refractivity contribution in [1.82, 2.24) is 5.32 Å². The van der Waals surface area contributed by atoms with Crippen LogP contribution < -0.4 is 10.1 Å². The van der Waals surface area contributed by atoms with E-state index in [4.69, 9.17) is 14.4 Å². The Morgan fingerprint density at radius 3 is 2.74 bits per heavy atom. The zero-order valence-electron chi connectivity index (χ0n) is 12.8. The number of hydrogen-bond acceptors (Lipinski definition) is 5. The Morgan fingerprint density at radius 1 is 1.39 bits per heavy atom. The number of ether oxygens (including phenoxy) is 1. The first-order valence-electron chi connectivity index (χ1n) is 7.13. The summed E-state index contributed by atoms with van der Waals surface area (Å²) in [4.78, 5) is 12.0. The largest absolute Gasteiger partial charge is 0.479 e. The maximum Gasteiger partial charge on any atom is 0.224 e. The predicted octanol–water partition coefficient (Wildman–Crippen LogP) is 1.75. The average molecular weight is 314 g/mol. The van der Waals surface area contributed by atoms with Crippen molar-refractivity contribution in [3.8, 4) is 11.8 Å². The molecule has 0 bridgehead atoms. The van der Waals surface area contributed by atoms with Crippen molar-refractivity contribution in [2.75, 3.05) is 13.2 Å². The molecule has 2 N–H and O–H groups in total. The summed E-state index contributed by atoms with van der Waals surface area (Å²) >= 11 is 0. The van der Waals surface area contributed by atoms with E-state index in [-0.39, 0.29) is 25.5 Å². The number of furan rings is 1. The van der Waals surface area contributed by atoms with Gasteiger partial charge < -0.3 is 19.6 Å². The van der Waals surface area contributed by atoms with Crippen molar-refractivity contribution in [3.05, 3.63) is 54.0 Å². The Kier molecular flexibility index (Phi) is 5.39. The second kappa shape index (κ2) is 7.47. The van der Waals surface area contributed by atoms with Crippen LogP contribution in [0.15, 0.2) is 47.1 Å². The van der Waals surface area contributed by atoms with Gasteiger partial charge in [-0.15, -0.1) is 0 Å². The van der Waals surface area contributed by atoms with Gasteiger partial charge in [0.1, 0.15) is 23.2 Å². The second-order valence-corrected chi connectivity index (χ2v) is 5.30. The van der Waals surface area contributed by atoms with E-state index < -0.39 is 5.60 Å². The minimum atomic E-state index is -1.26. The highest BCUT2D eigenvalue weighted by atomic mass is 16.5. The molecule has 1 amide bonds. The van der Waals surface area contributed by atoms with E-state index in [2.05, 4.69) is 5.32 Å². The van der Waals surface area contributed by atoms with E-state index in [1.54, 1.807) is 43.3 Å². The van der Waals surface area contributed by atoms with E-state index in [1.807, 2.05) is 6.07 Å². The third-order valence-corrected chi connectivity index (χ3v) is 3.27. The highest BCUT2D eigenvalue weighted by Gasteiger charge is 2.26. The Hall–Kier alpha value is -2.78. The standard InChI is InChI=1S/C17H18N2O4/c1-17(21,15-3-2-9-23-15)12-19-16(20)11-13-4-6-14(7-5-13)22-10-8-18/h2-7,9,21H,10-12H2,1H3,(H,19,20). The Bertz CT molecular complexity index is 670. The molecule has 2 rings (SSSR count). The molecule has 1 aromatic carbocycles. The molecular weight excluding hydrogens is 296 g/mol. The summed E-state index contributed by atoms with van der Waals surface area (Å²) in [6, 6.07) is 12.2. The molecule has 0 saturated heterocycles. The van der Waals surface area contributed by atoms with Gasteiger partial charge in [0.15, 0.2) is 6.61 Å². The van der Waals surface area contributed by atoms with Gasteiger partial charge in [-0.3, -0.25) is 4.79 Å². The smallest absolute Gasteiger partial charge is 0.224 e. The van der Waals surface area contributed by atoms with Crippen LogP contribution in [-0.2, 0) is 16.8 Å². The number of hydrogen-bond donors (Lipinski definition) is 2. The van der Waals surface area contributed by atoms with E-state index in [1.165, 1.54) is 6.26 Å². The van der Waals surface area contributed by atoms with Gasteiger partial charge in [-0.25, -0.2) is 0 Å². The summed E-state index contributed by atoms with van der Waals surface area (Å²) < 4.78 is 10.3. The maximum atomic E-state index is 12.0. The van der Waals surface area contributed by atoms with Gasteiger partial charge in [0.25, 0.3) is 0 Å². The summed E-state index contributed by atoms with van der Waals surface area (Å²) in [5.41, 5.74) is -0.446. The van der Waals surface area contributed by atoms with Crippen molar-refractivity contribution >= 4 is 5.91 Å². The molecule has 6 nitrogen and oxygen atoms in total. The van der Waals surface area contributed by atoms with Crippen LogP contribution >= 0.6 is 0 Å². The molecule has 0 aliphatic carbocycles. The van der Waals surface area contributed by atoms with Gasteiger partial charge in [-0.05, 0) is 36.8 Å². The van der Waals surface area contributed by atoms with Crippen LogP contribution in [0, 0.1) is 11.3 Å². The van der Waals surface area contributed by atoms with Gasteiger partial charge in [0.2, 0.25) is 5.91 Å². The molecule has 120 valence electrons. The van der Waals surface area contributed by atoms with Crippen LogP contribution in [0.25, 0.3) is 0 Å². The Morgan fingerprint density at radius 2 is 2.13 bits per heavy atom. The molecule has 0 aliphatic rings. The normalized spacial score (nSPS) is 12.9. The number of amides is 1. The Labute approximate surface area is 134 Å². The molecule has 23 heavy (non-hydrogen) atoms. The number of aliphatic hydroxyl groups is 1. The number of nitrogens with zero attached hydrogens (tertiary/aromatic N) is 1. The SMILES string of the molecule is CC(O)(CNC(=O)Cc1ccc(OCC#N)cc1)c1ccco1. The third kappa shape index (κ3) is 4.87. The van der Waals surface area contributed by atoms with Crippen LogP contribution in [-0.4, -0.2) is 24.2 Å². The molecule has 1 atom stereocenters. The molecule has 0 fully saturated rings. The minimum absolute atomic E-state index is 0.0122. The topological polar surface area (TPSA) is 95.5 Å². The van der Waals surface area contributed by atoms with Crippen LogP contribution in [0.4, 0.5) is 0 Å². The van der Waals surface area contributed by atoms with Crippen molar-refractivity contribution in [1.29, 1.82) is 5.26 Å². The number of nitrogens with one attached hydrogen (secondary N) is 1. The minimum Gasteiger partial charge on any atom is -0.479 e. The fourth-order valence-electron chi connectivity index (χ4n) is 2.01. The first-order chi connectivity index (χ1) is 11.0. The molecule has 0 aliphatic heterocycles.